The van der Waals surface area contributed by atoms with Gasteiger partial charge in [0.25, 0.3) is 5.91 Å². The van der Waals surface area contributed by atoms with Gasteiger partial charge in [-0.15, -0.1) is 0 Å². The molecule has 0 aliphatic heterocycles. The third-order valence-corrected chi connectivity index (χ3v) is 1.78. The van der Waals surface area contributed by atoms with Crippen LogP contribution in [0.4, 0.5) is 0 Å². The topological polar surface area (TPSA) is 141 Å². The van der Waals surface area contributed by atoms with Gasteiger partial charge in [-0.3, -0.25) is 9.59 Å². The Hall–Kier alpha value is -1.02. The summed E-state index contributed by atoms with van der Waals surface area (Å²) in [4.78, 5) is 20.8. The maximum Gasteiger partial charge on any atom is 0.260 e. The summed E-state index contributed by atoms with van der Waals surface area (Å²) in [7, 11) is 0. The van der Waals surface area contributed by atoms with E-state index in [9.17, 15) is 9.59 Å². The van der Waals surface area contributed by atoms with Gasteiger partial charge in [0, 0.05) is 0 Å². The van der Waals surface area contributed by atoms with Crippen molar-refractivity contribution in [3.05, 3.63) is 0 Å². The van der Waals surface area contributed by atoms with Crippen LogP contribution in [0.2, 0.25) is 0 Å². The molecule has 0 saturated carbocycles. The lowest BCUT2D eigenvalue weighted by Gasteiger charge is -2.28. The van der Waals surface area contributed by atoms with Gasteiger partial charge in [0.1, 0.15) is 12.2 Å². The molecule has 1 amide bonds. The molecule has 0 rings (SSSR count). The molecule has 1 radical (unpaired) electrons. The Morgan fingerprint density at radius 3 is 2.07 bits per heavy atom. The van der Waals surface area contributed by atoms with Crippen molar-refractivity contribution in [3.8, 4) is 0 Å². The van der Waals surface area contributed by atoms with E-state index in [1.807, 2.05) is 0 Å². The van der Waals surface area contributed by atoms with Crippen molar-refractivity contribution < 1.29 is 30.0 Å². The van der Waals surface area contributed by atoms with Gasteiger partial charge in [-0.1, -0.05) is 0 Å². The predicted octanol–water partition coefficient (Wildman–Crippen LogP) is -3.58. The van der Waals surface area contributed by atoms with Crippen LogP contribution in [0.15, 0.2) is 0 Å². The highest BCUT2D eigenvalue weighted by Gasteiger charge is 2.47. The molecule has 0 heterocycles. The molecular formula is C7H12NO6. The van der Waals surface area contributed by atoms with Crippen LogP contribution in [0.5, 0.6) is 0 Å². The molecule has 6 N–H and O–H groups in total. The second kappa shape index (κ2) is 4.47. The van der Waals surface area contributed by atoms with Gasteiger partial charge < -0.3 is 26.2 Å². The highest BCUT2D eigenvalue weighted by atomic mass is 16.4. The van der Waals surface area contributed by atoms with Gasteiger partial charge in [0.05, 0.1) is 6.10 Å². The maximum atomic E-state index is 10.6. The van der Waals surface area contributed by atoms with Crippen LogP contribution in [-0.2, 0) is 9.59 Å². The third kappa shape index (κ3) is 2.26. The Kier molecular flexibility index (Phi) is 4.14. The molecule has 0 unspecified atom stereocenters. The van der Waals surface area contributed by atoms with E-state index >= 15 is 0 Å². The molecule has 7 heteroatoms. The van der Waals surface area contributed by atoms with Crippen LogP contribution in [0.25, 0.3) is 0 Å². The zero-order valence-electron chi connectivity index (χ0n) is 7.41. The van der Waals surface area contributed by atoms with E-state index in [2.05, 4.69) is 5.73 Å². The van der Waals surface area contributed by atoms with E-state index < -0.39 is 29.8 Å². The van der Waals surface area contributed by atoms with Crippen LogP contribution in [0.1, 0.15) is 6.92 Å². The summed E-state index contributed by atoms with van der Waals surface area (Å²) < 4.78 is 0. The average molecular weight is 206 g/mol. The smallest absolute Gasteiger partial charge is 0.260 e. The van der Waals surface area contributed by atoms with E-state index in [1.54, 1.807) is 0 Å². The fourth-order valence-corrected chi connectivity index (χ4v) is 0.767. The maximum absolute atomic E-state index is 10.6. The van der Waals surface area contributed by atoms with Crippen LogP contribution in [0.3, 0.4) is 0 Å². The Morgan fingerprint density at radius 2 is 1.86 bits per heavy atom. The lowest BCUT2D eigenvalue weighted by Crippen LogP contribution is -2.60. The molecule has 0 aromatic carbocycles. The first kappa shape index (κ1) is 13.0. The largest absolute Gasteiger partial charge is 0.391 e. The summed E-state index contributed by atoms with van der Waals surface area (Å²) in [5, 5.41) is 36.2. The van der Waals surface area contributed by atoms with Gasteiger partial charge in [0.2, 0.25) is 11.9 Å². The summed E-state index contributed by atoms with van der Waals surface area (Å²) >= 11 is 0. The highest BCUT2D eigenvalue weighted by molar-refractivity contribution is 6.00. The molecule has 0 spiro atoms. The summed E-state index contributed by atoms with van der Waals surface area (Å²) in [6.45, 7) is 1.10. The summed E-state index contributed by atoms with van der Waals surface area (Å²) in [6, 6.07) is 0. The summed E-state index contributed by atoms with van der Waals surface area (Å²) in [5.41, 5.74) is 1.60. The fraction of sp³-hybridized carbons (Fsp3) is 0.714. The molecule has 4 atom stereocenters. The van der Waals surface area contributed by atoms with E-state index in [1.165, 1.54) is 0 Å². The first-order valence-electron chi connectivity index (χ1n) is 3.73. The molecule has 7 nitrogen and oxygen atoms in total. The Morgan fingerprint density at radius 1 is 1.43 bits per heavy atom. The van der Waals surface area contributed by atoms with Gasteiger partial charge in [-0.25, -0.2) is 0 Å². The van der Waals surface area contributed by atoms with E-state index in [0.717, 1.165) is 13.2 Å². The molecule has 81 valence electrons. The van der Waals surface area contributed by atoms with Crippen molar-refractivity contribution in [2.45, 2.75) is 30.8 Å². The first-order valence-corrected chi connectivity index (χ1v) is 3.73. The van der Waals surface area contributed by atoms with Gasteiger partial charge in [0.15, 0.2) is 0 Å². The lowest BCUT2D eigenvalue weighted by molar-refractivity contribution is -0.154. The number of primary amides is 1. The van der Waals surface area contributed by atoms with Crippen molar-refractivity contribution in [2.75, 3.05) is 0 Å². The number of amides is 1. The zero-order chi connectivity index (χ0) is 11.5. The van der Waals surface area contributed by atoms with Crippen LogP contribution < -0.4 is 5.73 Å². The molecule has 0 aliphatic rings. The number of aliphatic hydroxyl groups is 4. The first-order chi connectivity index (χ1) is 6.27. The Labute approximate surface area is 79.8 Å². The van der Waals surface area contributed by atoms with Crippen LogP contribution in [-0.4, -0.2) is 56.5 Å². The summed E-state index contributed by atoms with van der Waals surface area (Å²) in [5.74, 6) is -1.56. The number of rotatable bonds is 5. The van der Waals surface area contributed by atoms with Crippen molar-refractivity contribution in [2.24, 2.45) is 5.73 Å². The molecule has 0 bridgehead atoms. The van der Waals surface area contributed by atoms with E-state index in [-0.39, 0.29) is 0 Å². The molecule has 14 heavy (non-hydrogen) atoms. The second-order valence-corrected chi connectivity index (χ2v) is 2.91. The SMILES string of the molecule is C[C@@H](O)[C@@H](O)[C@H](O)[C@@](O)([C]=O)C(N)=O. The Balaban J connectivity index is 4.87. The minimum Gasteiger partial charge on any atom is -0.391 e. The number of carbonyl (C=O) groups excluding carboxylic acids is 2. The standard InChI is InChI=1S/C7H12NO6/c1-3(10)4(11)5(12)7(14,2-9)6(8)13/h3-5,10-12,14H,1H3,(H2,8,13)/t3-,4-,5+,7+/m1/s1. The fourth-order valence-electron chi connectivity index (χ4n) is 0.767. The molecular weight excluding hydrogens is 194 g/mol. The molecule has 0 aromatic heterocycles. The molecule has 0 fully saturated rings. The number of hydrogen-bond acceptors (Lipinski definition) is 6. The van der Waals surface area contributed by atoms with E-state index in [4.69, 9.17) is 20.4 Å². The number of hydrogen-bond donors (Lipinski definition) is 5. The van der Waals surface area contributed by atoms with E-state index in [0.29, 0.717) is 0 Å². The quantitative estimate of drug-likeness (QED) is 0.294. The van der Waals surface area contributed by atoms with Gasteiger partial charge >= 0.3 is 0 Å². The number of aliphatic hydroxyl groups excluding tert-OH is 3. The van der Waals surface area contributed by atoms with Crippen molar-refractivity contribution >= 4 is 12.2 Å². The molecule has 0 aliphatic carbocycles. The van der Waals surface area contributed by atoms with Crippen LogP contribution >= 0.6 is 0 Å². The third-order valence-electron chi connectivity index (χ3n) is 1.78. The van der Waals surface area contributed by atoms with Crippen molar-refractivity contribution in [1.29, 1.82) is 0 Å². The predicted molar refractivity (Wildman–Crippen MR) is 43.5 cm³/mol. The zero-order valence-corrected chi connectivity index (χ0v) is 7.41. The van der Waals surface area contributed by atoms with Gasteiger partial charge in [-0.2, -0.15) is 0 Å². The second-order valence-electron chi connectivity index (χ2n) is 2.91. The van der Waals surface area contributed by atoms with Crippen LogP contribution in [0, 0.1) is 0 Å². The molecule has 0 aromatic rings. The summed E-state index contributed by atoms with van der Waals surface area (Å²) in [6.07, 6.45) is -4.72. The Bertz CT molecular complexity index is 230. The minimum atomic E-state index is -3.02. The van der Waals surface area contributed by atoms with Crippen molar-refractivity contribution in [3.63, 3.8) is 0 Å². The number of carbonyl (C=O) groups is 1. The minimum absolute atomic E-state index is 0.823. The number of nitrogens with two attached hydrogens (primary N) is 1. The normalized spacial score (nSPS) is 21.8. The molecule has 0 saturated heterocycles. The van der Waals surface area contributed by atoms with Gasteiger partial charge in [-0.05, 0) is 6.92 Å². The lowest BCUT2D eigenvalue weighted by atomic mass is 9.91. The highest BCUT2D eigenvalue weighted by Crippen LogP contribution is 2.13. The monoisotopic (exact) mass is 206 g/mol. The average Bonchev–Trinajstić information content (AvgIpc) is 2.13. The van der Waals surface area contributed by atoms with Crippen molar-refractivity contribution in [1.82, 2.24) is 0 Å².